The molecule has 0 bridgehead atoms. The fraction of sp³-hybridized carbons (Fsp3) is 0.824. The van der Waals surface area contributed by atoms with E-state index in [1.165, 1.54) is 51.4 Å². The zero-order valence-electron chi connectivity index (χ0n) is 12.6. The number of hydrogen-bond acceptors (Lipinski definition) is 1. The van der Waals surface area contributed by atoms with Gasteiger partial charge < -0.3 is 0 Å². The molecule has 0 amide bonds. The summed E-state index contributed by atoms with van der Waals surface area (Å²) in [6, 6.07) is 0. The number of allylic oxidation sites excluding steroid dienone is 2. The predicted molar refractivity (Wildman–Crippen MR) is 82.4 cm³/mol. The third-order valence-electron chi connectivity index (χ3n) is 4.03. The van der Waals surface area contributed by atoms with Gasteiger partial charge in [-0.3, -0.25) is 4.99 Å². The van der Waals surface area contributed by atoms with Crippen LogP contribution in [0.3, 0.4) is 0 Å². The summed E-state index contributed by atoms with van der Waals surface area (Å²) in [5.41, 5.74) is 0.542. The number of rotatable bonds is 0. The van der Waals surface area contributed by atoms with Gasteiger partial charge >= 0.3 is 0 Å². The van der Waals surface area contributed by atoms with Gasteiger partial charge in [-0.25, -0.2) is 0 Å². The van der Waals surface area contributed by atoms with Crippen molar-refractivity contribution in [2.24, 2.45) is 16.3 Å². The average Bonchev–Trinajstić information content (AvgIpc) is 2.30. The van der Waals surface area contributed by atoms with Crippen LogP contribution < -0.4 is 0 Å². The van der Waals surface area contributed by atoms with Crippen LogP contribution in [0.2, 0.25) is 0 Å². The molecule has 0 aromatic rings. The van der Waals surface area contributed by atoms with Gasteiger partial charge in [0.25, 0.3) is 0 Å². The van der Waals surface area contributed by atoms with Crippen molar-refractivity contribution in [3.63, 3.8) is 0 Å². The van der Waals surface area contributed by atoms with E-state index in [-0.39, 0.29) is 0 Å². The minimum absolute atomic E-state index is 0.542. The summed E-state index contributed by atoms with van der Waals surface area (Å²) in [6.07, 6.45) is 17.2. The molecule has 18 heavy (non-hydrogen) atoms. The highest BCUT2D eigenvalue weighted by molar-refractivity contribution is 5.70. The second-order valence-corrected chi connectivity index (χ2v) is 6.64. The Morgan fingerprint density at radius 2 is 1.72 bits per heavy atom. The molecule has 1 rings (SSSR count). The van der Waals surface area contributed by atoms with Gasteiger partial charge in [-0.05, 0) is 43.1 Å². The van der Waals surface area contributed by atoms with Crippen LogP contribution in [0.15, 0.2) is 17.1 Å². The second-order valence-electron chi connectivity index (χ2n) is 6.64. The molecule has 0 spiro atoms. The Hall–Kier alpha value is -0.590. The molecule has 104 valence electrons. The maximum absolute atomic E-state index is 4.43. The molecule has 0 radical (unpaired) electrons. The Balaban J connectivity index is 2.44. The molecule has 0 aromatic carbocycles. The van der Waals surface area contributed by atoms with Crippen LogP contribution in [-0.4, -0.2) is 12.8 Å². The number of aliphatic imine (C=N–C) groups is 1. The summed E-state index contributed by atoms with van der Waals surface area (Å²) >= 11 is 0. The fourth-order valence-corrected chi connectivity index (χ4v) is 2.66. The quantitative estimate of drug-likeness (QED) is 0.544. The minimum Gasteiger partial charge on any atom is -0.293 e. The molecule has 0 saturated carbocycles. The molecule has 0 fully saturated rings. The van der Waals surface area contributed by atoms with Gasteiger partial charge in [0, 0.05) is 12.8 Å². The van der Waals surface area contributed by atoms with Gasteiger partial charge in [-0.2, -0.15) is 0 Å². The zero-order valence-corrected chi connectivity index (χ0v) is 12.6. The van der Waals surface area contributed by atoms with E-state index >= 15 is 0 Å². The highest BCUT2D eigenvalue weighted by Gasteiger charge is 2.16. The SMILES string of the molecule is CC1C=CC=NCCCCCCC(C)(C)CCC1. The van der Waals surface area contributed by atoms with Crippen molar-refractivity contribution < 1.29 is 0 Å². The van der Waals surface area contributed by atoms with Crippen LogP contribution in [-0.2, 0) is 0 Å². The van der Waals surface area contributed by atoms with Crippen LogP contribution in [0.25, 0.3) is 0 Å². The molecular formula is C17H31N. The molecule has 1 atom stereocenters. The Morgan fingerprint density at radius 1 is 1.00 bits per heavy atom. The summed E-state index contributed by atoms with van der Waals surface area (Å²) in [6.45, 7) is 8.20. The van der Waals surface area contributed by atoms with E-state index in [0.29, 0.717) is 11.3 Å². The van der Waals surface area contributed by atoms with Crippen molar-refractivity contribution in [1.82, 2.24) is 0 Å². The largest absolute Gasteiger partial charge is 0.293 e. The second kappa shape index (κ2) is 8.50. The first-order chi connectivity index (χ1) is 8.60. The molecule has 0 N–H and O–H groups in total. The summed E-state index contributed by atoms with van der Waals surface area (Å²) in [5, 5.41) is 0. The number of nitrogens with zero attached hydrogens (tertiary/aromatic N) is 1. The van der Waals surface area contributed by atoms with Gasteiger partial charge in [0.15, 0.2) is 0 Å². The first-order valence-corrected chi connectivity index (χ1v) is 7.77. The van der Waals surface area contributed by atoms with Crippen molar-refractivity contribution in [2.75, 3.05) is 6.54 Å². The molecule has 1 nitrogen and oxygen atoms in total. The molecule has 0 saturated heterocycles. The lowest BCUT2D eigenvalue weighted by Crippen LogP contribution is -2.11. The van der Waals surface area contributed by atoms with Gasteiger partial charge in [0.1, 0.15) is 0 Å². The molecule has 1 aliphatic heterocycles. The topological polar surface area (TPSA) is 12.4 Å². The van der Waals surface area contributed by atoms with Gasteiger partial charge in [0.2, 0.25) is 0 Å². The Labute approximate surface area is 114 Å². The first kappa shape index (κ1) is 15.5. The van der Waals surface area contributed by atoms with Crippen LogP contribution in [0.5, 0.6) is 0 Å². The fourth-order valence-electron chi connectivity index (χ4n) is 2.66. The van der Waals surface area contributed by atoms with Crippen molar-refractivity contribution in [3.8, 4) is 0 Å². The van der Waals surface area contributed by atoms with E-state index in [1.54, 1.807) is 0 Å². The highest BCUT2D eigenvalue weighted by Crippen LogP contribution is 2.30. The maximum Gasteiger partial charge on any atom is 0.0389 e. The molecule has 1 aliphatic rings. The zero-order chi connectivity index (χ0) is 13.3. The molecule has 1 heteroatoms. The molecule has 1 heterocycles. The maximum atomic E-state index is 4.43. The summed E-state index contributed by atoms with van der Waals surface area (Å²) in [5.74, 6) is 0.692. The normalized spacial score (nSPS) is 27.4. The van der Waals surface area contributed by atoms with E-state index in [0.717, 1.165) is 6.54 Å². The third-order valence-corrected chi connectivity index (χ3v) is 4.03. The highest BCUT2D eigenvalue weighted by atomic mass is 14.7. The van der Waals surface area contributed by atoms with Crippen LogP contribution in [0.4, 0.5) is 0 Å². The lowest BCUT2D eigenvalue weighted by molar-refractivity contribution is 0.280. The van der Waals surface area contributed by atoms with Crippen molar-refractivity contribution >= 4 is 6.21 Å². The Morgan fingerprint density at radius 3 is 2.56 bits per heavy atom. The summed E-state index contributed by atoms with van der Waals surface area (Å²) in [7, 11) is 0. The van der Waals surface area contributed by atoms with E-state index in [4.69, 9.17) is 0 Å². The molecule has 1 unspecified atom stereocenters. The van der Waals surface area contributed by atoms with E-state index in [2.05, 4.69) is 37.9 Å². The Kier molecular flexibility index (Phi) is 7.31. The molecular weight excluding hydrogens is 218 g/mol. The van der Waals surface area contributed by atoms with E-state index in [1.807, 2.05) is 6.21 Å². The molecule has 0 aromatic heterocycles. The van der Waals surface area contributed by atoms with Gasteiger partial charge in [0.05, 0.1) is 0 Å². The minimum atomic E-state index is 0.542. The summed E-state index contributed by atoms with van der Waals surface area (Å²) in [4.78, 5) is 4.43. The smallest absolute Gasteiger partial charge is 0.0389 e. The van der Waals surface area contributed by atoms with Crippen LogP contribution in [0.1, 0.15) is 72.1 Å². The van der Waals surface area contributed by atoms with E-state index in [9.17, 15) is 0 Å². The first-order valence-electron chi connectivity index (χ1n) is 7.77. The third kappa shape index (κ3) is 7.68. The monoisotopic (exact) mass is 249 g/mol. The van der Waals surface area contributed by atoms with Crippen LogP contribution in [0, 0.1) is 11.3 Å². The van der Waals surface area contributed by atoms with Gasteiger partial charge in [-0.1, -0.05) is 52.5 Å². The number of hydrogen-bond donors (Lipinski definition) is 0. The average molecular weight is 249 g/mol. The van der Waals surface area contributed by atoms with Crippen molar-refractivity contribution in [2.45, 2.75) is 72.1 Å². The lowest BCUT2D eigenvalue weighted by atomic mass is 9.81. The summed E-state index contributed by atoms with van der Waals surface area (Å²) < 4.78 is 0. The van der Waals surface area contributed by atoms with Gasteiger partial charge in [-0.15, -0.1) is 0 Å². The van der Waals surface area contributed by atoms with Crippen LogP contribution >= 0.6 is 0 Å². The van der Waals surface area contributed by atoms with Crippen molar-refractivity contribution in [3.05, 3.63) is 12.2 Å². The predicted octanol–water partition coefficient (Wildman–Crippen LogP) is 5.41. The van der Waals surface area contributed by atoms with Crippen molar-refractivity contribution in [1.29, 1.82) is 0 Å². The Bertz CT molecular complexity index is 263. The standard InChI is InChI=1S/C17H31N/c1-16-10-8-13-17(2,3)12-6-4-5-7-14-18-15-9-11-16/h9,11,15-16H,4-8,10,12-14H2,1-3H3. The van der Waals surface area contributed by atoms with E-state index < -0.39 is 0 Å². The molecule has 0 aliphatic carbocycles. The lowest BCUT2D eigenvalue weighted by Gasteiger charge is -2.25.